The number of anilines is 1. The number of hydrogen-bond donors (Lipinski definition) is 3. The Labute approximate surface area is 119 Å². The molecule has 0 spiro atoms. The number of sulfonamides is 1. The minimum absolute atomic E-state index is 0.0232. The van der Waals surface area contributed by atoms with E-state index < -0.39 is 10.0 Å². The predicted molar refractivity (Wildman–Crippen MR) is 78.9 cm³/mol. The molecule has 7 heteroatoms. The van der Waals surface area contributed by atoms with Crippen LogP contribution in [0.5, 0.6) is 0 Å². The molecule has 1 unspecified atom stereocenters. The van der Waals surface area contributed by atoms with Crippen LogP contribution in [0.25, 0.3) is 0 Å². The third-order valence-corrected chi connectivity index (χ3v) is 3.88. The molecule has 1 rings (SSSR count). The summed E-state index contributed by atoms with van der Waals surface area (Å²) in [5.74, 6) is -0.178. The number of rotatable bonds is 6. The van der Waals surface area contributed by atoms with Gasteiger partial charge < -0.3 is 10.6 Å². The molecule has 6 nitrogen and oxygen atoms in total. The Morgan fingerprint density at radius 1 is 1.40 bits per heavy atom. The van der Waals surface area contributed by atoms with Gasteiger partial charge in [0.25, 0.3) is 0 Å². The van der Waals surface area contributed by atoms with Gasteiger partial charge in [-0.2, -0.15) is 0 Å². The second kappa shape index (κ2) is 6.83. The molecule has 0 radical (unpaired) electrons. The first-order valence-electron chi connectivity index (χ1n) is 6.40. The van der Waals surface area contributed by atoms with Crippen LogP contribution in [0.2, 0.25) is 0 Å². The molecular weight excluding hydrogens is 278 g/mol. The first-order valence-corrected chi connectivity index (χ1v) is 7.95. The first kappa shape index (κ1) is 16.6. The van der Waals surface area contributed by atoms with E-state index in [9.17, 15) is 13.2 Å². The topological polar surface area (TPSA) is 101 Å². The van der Waals surface area contributed by atoms with E-state index >= 15 is 0 Å². The van der Waals surface area contributed by atoms with Gasteiger partial charge in [-0.05, 0) is 38.1 Å². The molecular formula is C13H21N3O3S. The lowest BCUT2D eigenvalue weighted by molar-refractivity contribution is -0.116. The molecule has 0 heterocycles. The van der Waals surface area contributed by atoms with Crippen molar-refractivity contribution >= 4 is 21.6 Å². The van der Waals surface area contributed by atoms with Gasteiger partial charge in [-0.25, -0.2) is 13.6 Å². The Bertz CT molecular complexity index is 585. The molecule has 0 saturated heterocycles. The molecule has 112 valence electrons. The zero-order valence-corrected chi connectivity index (χ0v) is 12.8. The number of carbonyl (C=O) groups is 1. The van der Waals surface area contributed by atoms with Crippen molar-refractivity contribution in [1.29, 1.82) is 0 Å². The Balaban J connectivity index is 2.81. The van der Waals surface area contributed by atoms with Gasteiger partial charge >= 0.3 is 0 Å². The number of hydrogen-bond acceptors (Lipinski definition) is 4. The van der Waals surface area contributed by atoms with Gasteiger partial charge in [0.15, 0.2) is 0 Å². The van der Waals surface area contributed by atoms with Crippen molar-refractivity contribution in [2.75, 3.05) is 11.9 Å². The van der Waals surface area contributed by atoms with Crippen molar-refractivity contribution in [3.8, 4) is 0 Å². The van der Waals surface area contributed by atoms with Gasteiger partial charge in [0.1, 0.15) is 0 Å². The van der Waals surface area contributed by atoms with Crippen LogP contribution in [0.3, 0.4) is 0 Å². The maximum atomic E-state index is 11.8. The molecule has 1 aromatic carbocycles. The summed E-state index contributed by atoms with van der Waals surface area (Å²) in [6.45, 7) is 6.31. The number of nitrogens with one attached hydrogen (secondary N) is 2. The van der Waals surface area contributed by atoms with Crippen LogP contribution in [-0.2, 0) is 14.8 Å². The third-order valence-electron chi connectivity index (χ3n) is 2.82. The average molecular weight is 299 g/mol. The lowest BCUT2D eigenvalue weighted by Gasteiger charge is -2.13. The van der Waals surface area contributed by atoms with Gasteiger partial charge in [0.2, 0.25) is 15.9 Å². The average Bonchev–Trinajstić information content (AvgIpc) is 2.30. The van der Waals surface area contributed by atoms with Crippen molar-refractivity contribution in [2.45, 2.75) is 38.1 Å². The molecule has 0 bridgehead atoms. The van der Waals surface area contributed by atoms with Crippen LogP contribution in [-0.4, -0.2) is 26.9 Å². The maximum Gasteiger partial charge on any atom is 0.238 e. The predicted octanol–water partition coefficient (Wildman–Crippen LogP) is 0.969. The Morgan fingerprint density at radius 3 is 2.60 bits per heavy atom. The minimum Gasteiger partial charge on any atom is -0.326 e. The van der Waals surface area contributed by atoms with Crippen LogP contribution in [0, 0.1) is 6.92 Å². The van der Waals surface area contributed by atoms with Crippen molar-refractivity contribution < 1.29 is 13.2 Å². The van der Waals surface area contributed by atoms with E-state index in [-0.39, 0.29) is 16.8 Å². The lowest BCUT2D eigenvalue weighted by atomic mass is 10.2. The molecule has 0 saturated carbocycles. The van der Waals surface area contributed by atoms with E-state index in [2.05, 4.69) is 10.6 Å². The monoisotopic (exact) mass is 299 g/mol. The standard InChI is InChI=1S/C13H21N3O3S/c1-4-15-10(3)7-13(17)16-11-6-5-9(2)12(8-11)20(14,18)19/h5-6,8,10,15H,4,7H2,1-3H3,(H,16,17)(H2,14,18,19). The van der Waals surface area contributed by atoms with E-state index in [0.29, 0.717) is 17.7 Å². The highest BCUT2D eigenvalue weighted by Gasteiger charge is 2.14. The van der Waals surface area contributed by atoms with Crippen LogP contribution >= 0.6 is 0 Å². The highest BCUT2D eigenvalue weighted by molar-refractivity contribution is 7.89. The molecule has 0 fully saturated rings. The molecule has 0 aliphatic carbocycles. The zero-order valence-electron chi connectivity index (χ0n) is 11.9. The number of benzene rings is 1. The van der Waals surface area contributed by atoms with Crippen LogP contribution < -0.4 is 15.8 Å². The molecule has 0 aromatic heterocycles. The summed E-state index contributed by atoms with van der Waals surface area (Å²) in [6.07, 6.45) is 0.312. The maximum absolute atomic E-state index is 11.8. The number of amides is 1. The molecule has 0 aliphatic rings. The van der Waals surface area contributed by atoms with Crippen LogP contribution in [0.4, 0.5) is 5.69 Å². The van der Waals surface area contributed by atoms with Crippen LogP contribution in [0.1, 0.15) is 25.8 Å². The summed E-state index contributed by atoms with van der Waals surface area (Å²) >= 11 is 0. The zero-order chi connectivity index (χ0) is 15.3. The van der Waals surface area contributed by atoms with E-state index in [4.69, 9.17) is 5.14 Å². The number of carbonyl (C=O) groups excluding carboxylic acids is 1. The molecule has 4 N–H and O–H groups in total. The van der Waals surface area contributed by atoms with E-state index in [1.807, 2.05) is 13.8 Å². The second-order valence-electron chi connectivity index (χ2n) is 4.74. The van der Waals surface area contributed by atoms with E-state index in [0.717, 1.165) is 6.54 Å². The molecule has 1 amide bonds. The highest BCUT2D eigenvalue weighted by atomic mass is 32.2. The number of aryl methyl sites for hydroxylation is 1. The smallest absolute Gasteiger partial charge is 0.238 e. The van der Waals surface area contributed by atoms with Crippen molar-refractivity contribution in [3.63, 3.8) is 0 Å². The fourth-order valence-electron chi connectivity index (χ4n) is 1.90. The van der Waals surface area contributed by atoms with Crippen molar-refractivity contribution in [3.05, 3.63) is 23.8 Å². The summed E-state index contributed by atoms with van der Waals surface area (Å²) in [5.41, 5.74) is 0.972. The first-order chi connectivity index (χ1) is 9.24. The van der Waals surface area contributed by atoms with E-state index in [1.54, 1.807) is 19.1 Å². The van der Waals surface area contributed by atoms with Gasteiger partial charge in [0, 0.05) is 18.2 Å². The van der Waals surface area contributed by atoms with Crippen molar-refractivity contribution in [1.82, 2.24) is 5.32 Å². The van der Waals surface area contributed by atoms with Crippen LogP contribution in [0.15, 0.2) is 23.1 Å². The molecule has 1 aromatic rings. The van der Waals surface area contributed by atoms with Gasteiger partial charge in [0.05, 0.1) is 4.90 Å². The normalized spacial score (nSPS) is 13.0. The number of primary sulfonamides is 1. The quantitative estimate of drug-likeness (QED) is 0.728. The highest BCUT2D eigenvalue weighted by Crippen LogP contribution is 2.19. The third kappa shape index (κ3) is 4.92. The second-order valence-corrected chi connectivity index (χ2v) is 6.27. The van der Waals surface area contributed by atoms with Gasteiger partial charge in [-0.15, -0.1) is 0 Å². The Kier molecular flexibility index (Phi) is 5.67. The summed E-state index contributed by atoms with van der Waals surface area (Å²) < 4.78 is 22.8. The Hall–Kier alpha value is -1.44. The summed E-state index contributed by atoms with van der Waals surface area (Å²) in [6, 6.07) is 4.70. The summed E-state index contributed by atoms with van der Waals surface area (Å²) in [4.78, 5) is 11.8. The van der Waals surface area contributed by atoms with Gasteiger partial charge in [-0.1, -0.05) is 13.0 Å². The number of nitrogens with two attached hydrogens (primary N) is 1. The molecule has 0 aliphatic heterocycles. The lowest BCUT2D eigenvalue weighted by Crippen LogP contribution is -2.30. The minimum atomic E-state index is -3.79. The molecule has 1 atom stereocenters. The summed E-state index contributed by atoms with van der Waals surface area (Å²) in [5, 5.41) is 10.9. The Morgan fingerprint density at radius 2 is 2.05 bits per heavy atom. The largest absolute Gasteiger partial charge is 0.326 e. The summed E-state index contributed by atoms with van der Waals surface area (Å²) in [7, 11) is -3.79. The fourth-order valence-corrected chi connectivity index (χ4v) is 2.70. The van der Waals surface area contributed by atoms with Gasteiger partial charge in [-0.3, -0.25) is 4.79 Å². The van der Waals surface area contributed by atoms with Crippen molar-refractivity contribution in [2.24, 2.45) is 5.14 Å². The SMILES string of the molecule is CCNC(C)CC(=O)Nc1ccc(C)c(S(N)(=O)=O)c1. The molecule has 20 heavy (non-hydrogen) atoms. The van der Waals surface area contributed by atoms with E-state index in [1.165, 1.54) is 6.07 Å². The fraction of sp³-hybridized carbons (Fsp3) is 0.462.